The van der Waals surface area contributed by atoms with E-state index < -0.39 is 0 Å². The van der Waals surface area contributed by atoms with Gasteiger partial charge in [0.2, 0.25) is 0 Å². The maximum Gasteiger partial charge on any atom is 0.0406 e. The summed E-state index contributed by atoms with van der Waals surface area (Å²) in [6, 6.07) is 4.14. The summed E-state index contributed by atoms with van der Waals surface area (Å²) < 4.78 is 1.33. The largest absolute Gasteiger partial charge is 0.398 e. The number of aryl methyl sites for hydroxylation is 1. The number of hydrogen-bond acceptors (Lipinski definition) is 2. The van der Waals surface area contributed by atoms with Crippen molar-refractivity contribution in [3.8, 4) is 0 Å². The molecule has 3 heteroatoms. The van der Waals surface area contributed by atoms with Crippen LogP contribution in [0, 0.1) is 0 Å². The van der Waals surface area contributed by atoms with Crippen LogP contribution in [0.15, 0.2) is 17.5 Å². The molecule has 1 aromatic carbocycles. The molecule has 0 saturated carbocycles. The first kappa shape index (κ1) is 9.99. The third-order valence-electron chi connectivity index (χ3n) is 2.48. The molecule has 2 N–H and O–H groups in total. The van der Waals surface area contributed by atoms with Crippen molar-refractivity contribution in [3.05, 3.63) is 28.6 Å². The highest BCUT2D eigenvalue weighted by molar-refractivity contribution is 9.08. The van der Waals surface area contributed by atoms with Crippen LogP contribution in [0.2, 0.25) is 0 Å². The molecule has 2 rings (SSSR count). The molecule has 0 bridgehead atoms. The third kappa shape index (κ3) is 1.44. The SMILES string of the molecule is CCc1csc2c(CBr)c(N)ccc12. The van der Waals surface area contributed by atoms with E-state index >= 15 is 0 Å². The van der Waals surface area contributed by atoms with Gasteiger partial charge in [0.15, 0.2) is 0 Å². The molecule has 0 aliphatic carbocycles. The van der Waals surface area contributed by atoms with Gasteiger partial charge in [-0.15, -0.1) is 11.3 Å². The molecule has 0 fully saturated rings. The van der Waals surface area contributed by atoms with Crippen LogP contribution in [0.25, 0.3) is 10.1 Å². The fourth-order valence-electron chi connectivity index (χ4n) is 1.64. The Balaban J connectivity index is 2.76. The van der Waals surface area contributed by atoms with Crippen molar-refractivity contribution in [3.63, 3.8) is 0 Å². The Morgan fingerprint density at radius 2 is 2.21 bits per heavy atom. The lowest BCUT2D eigenvalue weighted by atomic mass is 10.1. The molecule has 1 nitrogen and oxygen atoms in total. The van der Waals surface area contributed by atoms with Crippen LogP contribution in [0.5, 0.6) is 0 Å². The number of halogens is 1. The predicted molar refractivity (Wildman–Crippen MR) is 68.2 cm³/mol. The summed E-state index contributed by atoms with van der Waals surface area (Å²) in [6.07, 6.45) is 1.09. The van der Waals surface area contributed by atoms with Crippen molar-refractivity contribution in [2.24, 2.45) is 0 Å². The van der Waals surface area contributed by atoms with Gasteiger partial charge < -0.3 is 5.73 Å². The molecule has 0 amide bonds. The highest BCUT2D eigenvalue weighted by atomic mass is 79.9. The lowest BCUT2D eigenvalue weighted by Gasteiger charge is -2.03. The Morgan fingerprint density at radius 1 is 1.43 bits per heavy atom. The second kappa shape index (κ2) is 3.91. The molecule has 1 aromatic heterocycles. The molecule has 0 spiro atoms. The van der Waals surface area contributed by atoms with Gasteiger partial charge in [-0.3, -0.25) is 0 Å². The first-order chi connectivity index (χ1) is 6.77. The van der Waals surface area contributed by atoms with Crippen molar-refractivity contribution < 1.29 is 0 Å². The van der Waals surface area contributed by atoms with Gasteiger partial charge in [0.1, 0.15) is 0 Å². The van der Waals surface area contributed by atoms with Gasteiger partial charge in [0.05, 0.1) is 0 Å². The first-order valence-electron chi connectivity index (χ1n) is 4.61. The van der Waals surface area contributed by atoms with Crippen LogP contribution in [0.1, 0.15) is 18.1 Å². The van der Waals surface area contributed by atoms with Gasteiger partial charge in [-0.2, -0.15) is 0 Å². The molecule has 74 valence electrons. The molecule has 14 heavy (non-hydrogen) atoms. The van der Waals surface area contributed by atoms with E-state index in [0.717, 1.165) is 17.4 Å². The minimum Gasteiger partial charge on any atom is -0.398 e. The van der Waals surface area contributed by atoms with E-state index in [1.807, 2.05) is 6.07 Å². The van der Waals surface area contributed by atoms with Gasteiger partial charge >= 0.3 is 0 Å². The Bertz CT molecular complexity index is 462. The number of nitrogens with two attached hydrogens (primary N) is 1. The van der Waals surface area contributed by atoms with E-state index in [2.05, 4.69) is 34.3 Å². The van der Waals surface area contributed by atoms with Crippen molar-refractivity contribution in [1.82, 2.24) is 0 Å². The van der Waals surface area contributed by atoms with Crippen molar-refractivity contribution in [2.45, 2.75) is 18.7 Å². The van der Waals surface area contributed by atoms with Crippen molar-refractivity contribution in [2.75, 3.05) is 5.73 Å². The Labute approximate surface area is 96.1 Å². The average Bonchev–Trinajstić information content (AvgIpc) is 2.60. The zero-order chi connectivity index (χ0) is 10.1. The summed E-state index contributed by atoms with van der Waals surface area (Å²) in [5, 5.41) is 4.43. The molecule has 0 aliphatic heterocycles. The van der Waals surface area contributed by atoms with Crippen molar-refractivity contribution >= 4 is 43.0 Å². The van der Waals surface area contributed by atoms with Crippen LogP contribution < -0.4 is 5.73 Å². The number of hydrogen-bond donors (Lipinski definition) is 1. The second-order valence-corrected chi connectivity index (χ2v) is 4.70. The molecule has 0 atom stereocenters. The Morgan fingerprint density at radius 3 is 2.86 bits per heavy atom. The van der Waals surface area contributed by atoms with Gasteiger partial charge in [0, 0.05) is 21.3 Å². The molecule has 0 aliphatic rings. The van der Waals surface area contributed by atoms with Gasteiger partial charge in [0.25, 0.3) is 0 Å². The van der Waals surface area contributed by atoms with Gasteiger partial charge in [-0.25, -0.2) is 0 Å². The smallest absolute Gasteiger partial charge is 0.0406 e. The Kier molecular flexibility index (Phi) is 2.79. The zero-order valence-electron chi connectivity index (χ0n) is 8.01. The highest BCUT2D eigenvalue weighted by Crippen LogP contribution is 2.33. The van der Waals surface area contributed by atoms with Crippen LogP contribution in [0.4, 0.5) is 5.69 Å². The number of nitrogen functional groups attached to an aromatic ring is 1. The maximum absolute atomic E-state index is 5.92. The van der Waals surface area contributed by atoms with Gasteiger partial charge in [-0.1, -0.05) is 28.9 Å². The quantitative estimate of drug-likeness (QED) is 0.649. The van der Waals surface area contributed by atoms with E-state index in [-0.39, 0.29) is 0 Å². The number of benzene rings is 1. The minimum atomic E-state index is 0.833. The summed E-state index contributed by atoms with van der Waals surface area (Å²) in [4.78, 5) is 0. The summed E-state index contributed by atoms with van der Waals surface area (Å²) >= 11 is 5.28. The van der Waals surface area contributed by atoms with Crippen LogP contribution in [-0.4, -0.2) is 0 Å². The molecule has 0 saturated heterocycles. The summed E-state index contributed by atoms with van der Waals surface area (Å²) in [5.41, 5.74) is 9.46. The lowest BCUT2D eigenvalue weighted by molar-refractivity contribution is 1.17. The van der Waals surface area contributed by atoms with E-state index in [0.29, 0.717) is 0 Å². The second-order valence-electron chi connectivity index (χ2n) is 3.26. The number of alkyl halides is 1. The van der Waals surface area contributed by atoms with E-state index in [9.17, 15) is 0 Å². The molecule has 1 heterocycles. The number of thiophene rings is 1. The highest BCUT2D eigenvalue weighted by Gasteiger charge is 2.08. The summed E-state index contributed by atoms with van der Waals surface area (Å²) in [5.74, 6) is 0. The molecular weight excluding hydrogens is 258 g/mol. The van der Waals surface area contributed by atoms with Crippen LogP contribution in [0.3, 0.4) is 0 Å². The summed E-state index contributed by atoms with van der Waals surface area (Å²) in [7, 11) is 0. The van der Waals surface area contributed by atoms with E-state index in [1.165, 1.54) is 21.2 Å². The minimum absolute atomic E-state index is 0.833. The third-order valence-corrected chi connectivity index (χ3v) is 4.14. The predicted octanol–water partition coefficient (Wildman–Crippen LogP) is 3.94. The topological polar surface area (TPSA) is 26.0 Å². The fourth-order valence-corrected chi connectivity index (χ4v) is 3.64. The number of anilines is 1. The lowest BCUT2D eigenvalue weighted by Crippen LogP contribution is -1.91. The normalized spacial score (nSPS) is 11.0. The maximum atomic E-state index is 5.92. The molecule has 0 unspecified atom stereocenters. The average molecular weight is 270 g/mol. The number of rotatable bonds is 2. The standard InChI is InChI=1S/C11H12BrNS/c1-2-7-6-14-11-8(7)3-4-10(13)9(11)5-12/h3-4,6H,2,5,13H2,1H3. The van der Waals surface area contributed by atoms with Crippen LogP contribution >= 0.6 is 27.3 Å². The van der Waals surface area contributed by atoms with Crippen molar-refractivity contribution in [1.29, 1.82) is 0 Å². The Hall–Kier alpha value is -0.540. The van der Waals surface area contributed by atoms with E-state index in [1.54, 1.807) is 11.3 Å². The zero-order valence-corrected chi connectivity index (χ0v) is 10.4. The van der Waals surface area contributed by atoms with E-state index in [4.69, 9.17) is 5.73 Å². The van der Waals surface area contributed by atoms with Gasteiger partial charge in [-0.05, 0) is 28.8 Å². The number of fused-ring (bicyclic) bond motifs is 1. The molecule has 0 radical (unpaired) electrons. The van der Waals surface area contributed by atoms with Crippen LogP contribution in [-0.2, 0) is 11.8 Å². The monoisotopic (exact) mass is 269 g/mol. The molecule has 2 aromatic rings. The summed E-state index contributed by atoms with van der Waals surface area (Å²) in [6.45, 7) is 2.19. The fraction of sp³-hybridized carbons (Fsp3) is 0.273. The molecular formula is C11H12BrNS. The first-order valence-corrected chi connectivity index (χ1v) is 6.61.